The van der Waals surface area contributed by atoms with Gasteiger partial charge in [0.15, 0.2) is 0 Å². The second-order valence-corrected chi connectivity index (χ2v) is 7.78. The molecule has 162 valence electrons. The second-order valence-electron chi connectivity index (χ2n) is 7.78. The van der Waals surface area contributed by atoms with E-state index in [1.165, 1.54) is 5.56 Å². The van der Waals surface area contributed by atoms with Crippen molar-refractivity contribution >= 4 is 18.4 Å². The van der Waals surface area contributed by atoms with E-state index in [4.69, 9.17) is 14.6 Å². The number of nitrogens with zero attached hydrogens (tertiary/aromatic N) is 1. The van der Waals surface area contributed by atoms with Crippen molar-refractivity contribution in [1.82, 2.24) is 4.90 Å². The minimum Gasteiger partial charge on any atom is -0.490 e. The third-order valence-corrected chi connectivity index (χ3v) is 5.65. The molecule has 8 heteroatoms. The minimum atomic E-state index is -1.20. The highest BCUT2D eigenvalue weighted by Gasteiger charge is 2.41. The first-order valence-electron chi connectivity index (χ1n) is 9.77. The number of ether oxygens (including phenoxy) is 2. The summed E-state index contributed by atoms with van der Waals surface area (Å²) in [5, 5.41) is 19.5. The van der Waals surface area contributed by atoms with Gasteiger partial charge in [-0.15, -0.1) is 12.4 Å². The van der Waals surface area contributed by atoms with E-state index in [-0.39, 0.29) is 35.9 Å². The number of carboxylic acid groups (broad SMARTS) is 1. The van der Waals surface area contributed by atoms with Crippen LogP contribution in [0.4, 0.5) is 4.39 Å². The fourth-order valence-electron chi connectivity index (χ4n) is 4.12. The fraction of sp³-hybridized carbons (Fsp3) is 0.409. The second kappa shape index (κ2) is 9.20. The Morgan fingerprint density at radius 2 is 1.97 bits per heavy atom. The van der Waals surface area contributed by atoms with Crippen molar-refractivity contribution in [3.05, 3.63) is 59.4 Å². The fourth-order valence-corrected chi connectivity index (χ4v) is 4.12. The highest BCUT2D eigenvalue weighted by atomic mass is 35.5. The summed E-state index contributed by atoms with van der Waals surface area (Å²) in [5.74, 6) is -0.892. The van der Waals surface area contributed by atoms with Gasteiger partial charge in [-0.05, 0) is 23.8 Å². The van der Waals surface area contributed by atoms with Gasteiger partial charge in [-0.1, -0.05) is 18.2 Å². The third-order valence-electron chi connectivity index (χ3n) is 5.65. The molecule has 2 aromatic rings. The van der Waals surface area contributed by atoms with Gasteiger partial charge in [0.05, 0.1) is 0 Å². The number of piperidine rings is 1. The summed E-state index contributed by atoms with van der Waals surface area (Å²) in [4.78, 5) is 13.4. The van der Waals surface area contributed by atoms with Crippen LogP contribution in [0.1, 0.15) is 28.8 Å². The maximum absolute atomic E-state index is 13.4. The van der Waals surface area contributed by atoms with Crippen LogP contribution >= 0.6 is 12.4 Å². The molecular weight excluding hydrogens is 413 g/mol. The van der Waals surface area contributed by atoms with Crippen LogP contribution in [0.15, 0.2) is 42.5 Å². The number of aliphatic hydroxyl groups excluding tert-OH is 1. The van der Waals surface area contributed by atoms with Crippen molar-refractivity contribution < 1.29 is 28.9 Å². The van der Waals surface area contributed by atoms with Gasteiger partial charge in [-0.3, -0.25) is 0 Å². The third kappa shape index (κ3) is 4.86. The molecule has 1 spiro atoms. The number of para-hydroxylation sites is 1. The molecule has 0 amide bonds. The predicted molar refractivity (Wildman–Crippen MR) is 111 cm³/mol. The molecule has 2 aromatic carbocycles. The van der Waals surface area contributed by atoms with Gasteiger partial charge < -0.3 is 24.6 Å². The lowest BCUT2D eigenvalue weighted by Gasteiger charge is -2.39. The zero-order valence-corrected chi connectivity index (χ0v) is 17.2. The largest absolute Gasteiger partial charge is 0.490 e. The molecule has 0 aromatic heterocycles. The molecule has 0 unspecified atom stereocenters. The van der Waals surface area contributed by atoms with Crippen molar-refractivity contribution in [2.45, 2.75) is 31.0 Å². The van der Waals surface area contributed by atoms with Gasteiger partial charge in [0.1, 0.15) is 41.2 Å². The summed E-state index contributed by atoms with van der Waals surface area (Å²) >= 11 is 0. The summed E-state index contributed by atoms with van der Waals surface area (Å²) in [7, 11) is 0. The number of fused-ring (bicyclic) bond motifs is 1. The van der Waals surface area contributed by atoms with E-state index in [0.29, 0.717) is 6.54 Å². The lowest BCUT2D eigenvalue weighted by Crippen LogP contribution is -2.49. The van der Waals surface area contributed by atoms with E-state index in [1.807, 2.05) is 18.2 Å². The first-order valence-corrected chi connectivity index (χ1v) is 9.77. The Balaban J connectivity index is 0.00000256. The average molecular weight is 438 g/mol. The number of aliphatic hydroxyl groups is 1. The number of benzene rings is 2. The molecule has 6 nitrogen and oxygen atoms in total. The Morgan fingerprint density at radius 1 is 1.23 bits per heavy atom. The normalized spacial score (nSPS) is 18.2. The monoisotopic (exact) mass is 437 g/mol. The van der Waals surface area contributed by atoms with Crippen molar-refractivity contribution in [2.24, 2.45) is 0 Å². The van der Waals surface area contributed by atoms with Crippen molar-refractivity contribution in [2.75, 3.05) is 26.2 Å². The molecule has 2 aliphatic rings. The summed E-state index contributed by atoms with van der Waals surface area (Å²) in [5.41, 5.74) is 0.967. The van der Waals surface area contributed by atoms with Crippen LogP contribution in [0.5, 0.6) is 11.5 Å². The van der Waals surface area contributed by atoms with Crippen LogP contribution in [-0.4, -0.2) is 59.0 Å². The standard InChI is InChI=1S/C22H24FNO5.ClH/c23-16-5-6-18(21(26)27)20(11-16)28-14-17(25)13-24-9-7-22(8-10-24)12-15-3-1-2-4-19(15)29-22;/h1-6,11,17,25H,7-10,12-14H2,(H,26,27);1H/t17-;/m0./s1. The topological polar surface area (TPSA) is 79.2 Å². The SMILES string of the molecule is Cl.O=C(O)c1ccc(F)cc1OC[C@@H](O)CN1CCC2(CC1)Cc1ccccc1O2. The molecule has 2 heterocycles. The van der Waals surface area contributed by atoms with E-state index in [0.717, 1.165) is 56.3 Å². The molecule has 0 aliphatic carbocycles. The zero-order valence-electron chi connectivity index (χ0n) is 16.4. The lowest BCUT2D eigenvalue weighted by atomic mass is 9.87. The van der Waals surface area contributed by atoms with Gasteiger partial charge in [0.2, 0.25) is 0 Å². The molecule has 2 N–H and O–H groups in total. The summed E-state index contributed by atoms with van der Waals surface area (Å²) in [6.45, 7) is 1.89. The van der Waals surface area contributed by atoms with Crippen LogP contribution in [-0.2, 0) is 6.42 Å². The molecule has 1 saturated heterocycles. The number of aromatic carboxylic acids is 1. The lowest BCUT2D eigenvalue weighted by molar-refractivity contribution is -0.00204. The van der Waals surface area contributed by atoms with Crippen LogP contribution in [0.2, 0.25) is 0 Å². The average Bonchev–Trinajstić information content (AvgIpc) is 3.06. The maximum Gasteiger partial charge on any atom is 0.339 e. The quantitative estimate of drug-likeness (QED) is 0.722. The van der Waals surface area contributed by atoms with Gasteiger partial charge in [0, 0.05) is 45.0 Å². The Bertz CT molecular complexity index is 874. The highest BCUT2D eigenvalue weighted by Crippen LogP contribution is 2.40. The molecule has 1 atom stereocenters. The Morgan fingerprint density at radius 3 is 2.67 bits per heavy atom. The predicted octanol–water partition coefficient (Wildman–Crippen LogP) is 3.16. The van der Waals surface area contributed by atoms with E-state index >= 15 is 0 Å². The van der Waals surface area contributed by atoms with Gasteiger partial charge in [0.25, 0.3) is 0 Å². The minimum absolute atomic E-state index is 0. The summed E-state index contributed by atoms with van der Waals surface area (Å²) < 4.78 is 25.0. The molecule has 0 bridgehead atoms. The number of carboxylic acids is 1. The van der Waals surface area contributed by atoms with Crippen LogP contribution in [0.3, 0.4) is 0 Å². The Kier molecular flexibility index (Phi) is 6.85. The Hall–Kier alpha value is -2.35. The van der Waals surface area contributed by atoms with Gasteiger partial charge in [-0.25, -0.2) is 9.18 Å². The van der Waals surface area contributed by atoms with E-state index < -0.39 is 17.9 Å². The van der Waals surface area contributed by atoms with E-state index in [2.05, 4.69) is 11.0 Å². The summed E-state index contributed by atoms with van der Waals surface area (Å²) in [6, 6.07) is 11.4. The van der Waals surface area contributed by atoms with E-state index in [1.54, 1.807) is 0 Å². The van der Waals surface area contributed by atoms with Crippen LogP contribution in [0, 0.1) is 5.82 Å². The first-order chi connectivity index (χ1) is 13.9. The van der Waals surface area contributed by atoms with Crippen LogP contribution in [0.25, 0.3) is 0 Å². The van der Waals surface area contributed by atoms with E-state index in [9.17, 15) is 14.3 Å². The molecule has 0 saturated carbocycles. The van der Waals surface area contributed by atoms with Gasteiger partial charge in [-0.2, -0.15) is 0 Å². The molecule has 0 radical (unpaired) electrons. The van der Waals surface area contributed by atoms with Crippen LogP contribution < -0.4 is 9.47 Å². The maximum atomic E-state index is 13.4. The number of likely N-dealkylation sites (tertiary alicyclic amines) is 1. The Labute approximate surface area is 180 Å². The molecule has 1 fully saturated rings. The number of halogens is 2. The van der Waals surface area contributed by atoms with Crippen molar-refractivity contribution in [1.29, 1.82) is 0 Å². The van der Waals surface area contributed by atoms with Crippen molar-refractivity contribution in [3.63, 3.8) is 0 Å². The molecule has 30 heavy (non-hydrogen) atoms. The number of hydrogen-bond acceptors (Lipinski definition) is 5. The molecular formula is C22H25ClFNO5. The number of β-amino-alcohol motifs (C(OH)–C–C–N with tert-alkyl or cyclic N) is 1. The van der Waals surface area contributed by atoms with Gasteiger partial charge >= 0.3 is 5.97 Å². The number of rotatable bonds is 6. The zero-order chi connectivity index (χ0) is 20.4. The first kappa shape index (κ1) is 22.3. The van der Waals surface area contributed by atoms with Crippen molar-refractivity contribution in [3.8, 4) is 11.5 Å². The number of carbonyl (C=O) groups is 1. The number of hydrogen-bond donors (Lipinski definition) is 2. The molecule has 4 rings (SSSR count). The highest BCUT2D eigenvalue weighted by molar-refractivity contribution is 5.90. The molecule has 2 aliphatic heterocycles. The smallest absolute Gasteiger partial charge is 0.339 e. The summed E-state index contributed by atoms with van der Waals surface area (Å²) in [6.07, 6.45) is 1.86.